The number of nitrogens with zero attached hydrogens (tertiary/aromatic N) is 4. The number of amidine groups is 1. The smallest absolute Gasteiger partial charge is 0.166 e. The third kappa shape index (κ3) is 2.76. The number of phenols is 2. The fourth-order valence-electron chi connectivity index (χ4n) is 3.39. The van der Waals surface area contributed by atoms with Crippen LogP contribution < -0.4 is 10.3 Å². The zero-order chi connectivity index (χ0) is 19.1. The molecule has 1 aliphatic rings. The molecule has 2 heterocycles. The molecule has 0 radical (unpaired) electrons. The average Bonchev–Trinajstić information content (AvgIpc) is 3.25. The van der Waals surface area contributed by atoms with Gasteiger partial charge in [-0.3, -0.25) is 10.3 Å². The second-order valence-corrected chi connectivity index (χ2v) is 6.82. The Hall–Kier alpha value is -2.87. The van der Waals surface area contributed by atoms with E-state index >= 15 is 0 Å². The van der Waals surface area contributed by atoms with Gasteiger partial charge in [0, 0.05) is 12.6 Å². The van der Waals surface area contributed by atoms with E-state index in [1.807, 2.05) is 36.4 Å². The monoisotopic (exact) mass is 383 g/mol. The molecule has 0 saturated heterocycles. The Morgan fingerprint density at radius 2 is 2.00 bits per heavy atom. The van der Waals surface area contributed by atoms with Crippen LogP contribution in [-0.2, 0) is 13.0 Å². The van der Waals surface area contributed by atoms with E-state index in [2.05, 4.69) is 39.6 Å². The van der Waals surface area contributed by atoms with Crippen molar-refractivity contribution in [3.63, 3.8) is 0 Å². The van der Waals surface area contributed by atoms with Crippen LogP contribution in [0.1, 0.15) is 25.0 Å². The zero-order valence-electron chi connectivity index (χ0n) is 15.1. The molecule has 0 bridgehead atoms. The van der Waals surface area contributed by atoms with Gasteiger partial charge in [-0.1, -0.05) is 13.0 Å². The van der Waals surface area contributed by atoms with Crippen LogP contribution in [0.3, 0.4) is 0 Å². The van der Waals surface area contributed by atoms with E-state index in [4.69, 9.17) is 0 Å². The molecule has 0 aliphatic carbocycles. The van der Waals surface area contributed by atoms with Crippen molar-refractivity contribution in [3.8, 4) is 11.5 Å². The van der Waals surface area contributed by atoms with Gasteiger partial charge in [0.1, 0.15) is 17.0 Å². The number of aromatic nitrogens is 2. The third-order valence-electron chi connectivity index (χ3n) is 4.81. The van der Waals surface area contributed by atoms with Crippen molar-refractivity contribution in [2.75, 3.05) is 4.90 Å². The first kappa shape index (κ1) is 17.5. The summed E-state index contributed by atoms with van der Waals surface area (Å²) in [5, 5.41) is 24.8. The molecule has 2 aromatic carbocycles. The van der Waals surface area contributed by atoms with Crippen molar-refractivity contribution in [1.82, 2.24) is 15.0 Å². The highest BCUT2D eigenvalue weighted by Gasteiger charge is 2.31. The highest BCUT2D eigenvalue weighted by atomic mass is 32.1. The maximum Gasteiger partial charge on any atom is 0.166 e. The number of nitrogens with one attached hydrogen (secondary N) is 1. The van der Waals surface area contributed by atoms with Crippen LogP contribution in [0.2, 0.25) is 0 Å². The summed E-state index contributed by atoms with van der Waals surface area (Å²) in [4.78, 5) is 6.46. The van der Waals surface area contributed by atoms with Crippen molar-refractivity contribution in [2.24, 2.45) is 5.10 Å². The Kier molecular flexibility index (Phi) is 4.35. The maximum absolute atomic E-state index is 10.4. The Morgan fingerprint density at radius 3 is 2.74 bits per heavy atom. The molecule has 7 nitrogen and oxygen atoms in total. The van der Waals surface area contributed by atoms with Crippen molar-refractivity contribution >= 4 is 35.2 Å². The van der Waals surface area contributed by atoms with E-state index in [0.29, 0.717) is 17.8 Å². The molecule has 27 heavy (non-hydrogen) atoms. The fraction of sp³-hybridized carbons (Fsp3) is 0.263. The number of aromatic hydroxyl groups is 2. The first-order chi connectivity index (χ1) is 13.0. The second-order valence-electron chi connectivity index (χ2n) is 6.34. The van der Waals surface area contributed by atoms with Crippen LogP contribution in [0.5, 0.6) is 11.5 Å². The van der Waals surface area contributed by atoms with E-state index in [9.17, 15) is 10.2 Å². The van der Waals surface area contributed by atoms with Gasteiger partial charge in [0.25, 0.3) is 0 Å². The lowest BCUT2D eigenvalue weighted by Gasteiger charge is -2.25. The number of benzene rings is 2. The first-order valence-electron chi connectivity index (χ1n) is 8.84. The molecule has 0 fully saturated rings. The van der Waals surface area contributed by atoms with Crippen LogP contribution in [0.15, 0.2) is 41.8 Å². The minimum Gasteiger partial charge on any atom is -0.508 e. The van der Waals surface area contributed by atoms with E-state index < -0.39 is 5.50 Å². The van der Waals surface area contributed by atoms with Crippen LogP contribution in [-0.4, -0.2) is 31.1 Å². The maximum atomic E-state index is 10.4. The van der Waals surface area contributed by atoms with Gasteiger partial charge in [0.15, 0.2) is 11.3 Å². The molecular formula is C19H21N5O2S. The summed E-state index contributed by atoms with van der Waals surface area (Å²) in [6, 6.07) is 9.06. The van der Waals surface area contributed by atoms with Crippen molar-refractivity contribution < 1.29 is 10.2 Å². The van der Waals surface area contributed by atoms with Gasteiger partial charge in [-0.25, -0.2) is 4.98 Å². The number of aryl methyl sites for hydroxylation is 2. The number of hydrogen-bond donors (Lipinski definition) is 4. The normalized spacial score (nSPS) is 16.6. The number of rotatable bonds is 4. The van der Waals surface area contributed by atoms with Crippen LogP contribution >= 0.6 is 12.6 Å². The van der Waals surface area contributed by atoms with E-state index in [-0.39, 0.29) is 11.5 Å². The Balaban J connectivity index is 1.86. The summed E-state index contributed by atoms with van der Waals surface area (Å²) in [6.45, 7) is 4.84. The van der Waals surface area contributed by atoms with Gasteiger partial charge in [0.2, 0.25) is 0 Å². The van der Waals surface area contributed by atoms with Gasteiger partial charge >= 0.3 is 0 Å². The van der Waals surface area contributed by atoms with Gasteiger partial charge < -0.3 is 14.8 Å². The molecule has 140 valence electrons. The van der Waals surface area contributed by atoms with Gasteiger partial charge in [0.05, 0.1) is 23.1 Å². The number of thiol groups is 1. The first-order valence-corrected chi connectivity index (χ1v) is 9.36. The molecule has 0 saturated carbocycles. The SMILES string of the molecule is CCc1cc(C2=NNC(S)N2c2cccc3c2ncn3CC)c(O)cc1O. The Morgan fingerprint density at radius 1 is 1.19 bits per heavy atom. The van der Waals surface area contributed by atoms with E-state index in [1.165, 1.54) is 6.07 Å². The molecule has 1 aliphatic heterocycles. The van der Waals surface area contributed by atoms with Gasteiger partial charge in [-0.05, 0) is 37.1 Å². The summed E-state index contributed by atoms with van der Waals surface area (Å²) in [5.41, 5.74) is 6.51. The molecule has 3 N–H and O–H groups in total. The largest absolute Gasteiger partial charge is 0.508 e. The molecule has 1 aromatic heterocycles. The Labute approximate surface area is 162 Å². The molecule has 0 amide bonds. The number of hydrogen-bond acceptors (Lipinski definition) is 7. The third-order valence-corrected chi connectivity index (χ3v) is 5.15. The summed E-state index contributed by atoms with van der Waals surface area (Å²) >= 11 is 4.60. The molecule has 1 atom stereocenters. The van der Waals surface area contributed by atoms with E-state index in [0.717, 1.165) is 28.8 Å². The van der Waals surface area contributed by atoms with Crippen molar-refractivity contribution in [1.29, 1.82) is 0 Å². The lowest BCUT2D eigenvalue weighted by molar-refractivity contribution is 0.445. The topological polar surface area (TPSA) is 85.9 Å². The second kappa shape index (κ2) is 6.70. The summed E-state index contributed by atoms with van der Waals surface area (Å²) in [5.74, 6) is 0.563. The Bertz CT molecular complexity index is 1050. The number of phenolic OH excluding ortho intramolecular Hbond substituents is 2. The number of hydrazone groups is 1. The van der Waals surface area contributed by atoms with E-state index in [1.54, 1.807) is 6.07 Å². The molecule has 0 spiro atoms. The summed E-state index contributed by atoms with van der Waals surface area (Å²) in [7, 11) is 0. The van der Waals surface area contributed by atoms with Crippen LogP contribution in [0, 0.1) is 0 Å². The minimum atomic E-state index is -0.407. The standard InChI is InChI=1S/C19H21N5O2S/c1-3-11-8-12(16(26)9-15(11)25)18-21-22-19(27)24(18)14-7-5-6-13-17(14)20-10-23(13)4-2/h5-10,19,22,25-27H,3-4H2,1-2H3. The summed E-state index contributed by atoms with van der Waals surface area (Å²) in [6.07, 6.45) is 2.45. The van der Waals surface area contributed by atoms with Gasteiger partial charge in [-0.2, -0.15) is 5.10 Å². The van der Waals surface area contributed by atoms with Crippen molar-refractivity contribution in [3.05, 3.63) is 47.8 Å². The van der Waals surface area contributed by atoms with Crippen LogP contribution in [0.25, 0.3) is 11.0 Å². The molecule has 4 rings (SSSR count). The number of anilines is 1. The number of para-hydroxylation sites is 1. The predicted molar refractivity (Wildman–Crippen MR) is 109 cm³/mol. The lowest BCUT2D eigenvalue weighted by Crippen LogP contribution is -2.37. The molecule has 3 aromatic rings. The van der Waals surface area contributed by atoms with Gasteiger partial charge in [-0.15, -0.1) is 12.6 Å². The van der Waals surface area contributed by atoms with Crippen molar-refractivity contribution in [2.45, 2.75) is 32.3 Å². The number of fused-ring (bicyclic) bond motifs is 1. The molecular weight excluding hydrogens is 362 g/mol. The fourth-order valence-corrected chi connectivity index (χ4v) is 3.68. The highest BCUT2D eigenvalue weighted by Crippen LogP contribution is 2.35. The predicted octanol–water partition coefficient (Wildman–Crippen LogP) is 3.01. The number of imidazole rings is 1. The highest BCUT2D eigenvalue weighted by molar-refractivity contribution is 7.81. The summed E-state index contributed by atoms with van der Waals surface area (Å²) < 4.78 is 2.07. The zero-order valence-corrected chi connectivity index (χ0v) is 16.0. The molecule has 8 heteroatoms. The quantitative estimate of drug-likeness (QED) is 0.521. The van der Waals surface area contributed by atoms with Crippen LogP contribution in [0.4, 0.5) is 5.69 Å². The average molecular weight is 383 g/mol. The minimum absolute atomic E-state index is 0.0380. The lowest BCUT2D eigenvalue weighted by atomic mass is 10.0. The molecule has 1 unspecified atom stereocenters.